The third-order valence-corrected chi connectivity index (χ3v) is 4.73. The average molecular weight is 416 g/mol. The van der Waals surface area contributed by atoms with Gasteiger partial charge in [0.05, 0.1) is 23.4 Å². The molecule has 7 heteroatoms. The molecule has 0 fully saturated rings. The second kappa shape index (κ2) is 9.15. The number of carbonyl (C=O) groups excluding carboxylic acids is 1. The fourth-order valence-electron chi connectivity index (χ4n) is 3.15. The van der Waals surface area contributed by atoms with E-state index in [2.05, 4.69) is 17.2 Å². The maximum atomic E-state index is 13.1. The summed E-state index contributed by atoms with van der Waals surface area (Å²) in [5, 5.41) is 3.58. The zero-order valence-electron chi connectivity index (χ0n) is 16.8. The Kier molecular flexibility index (Phi) is 6.59. The lowest BCUT2D eigenvalue weighted by molar-refractivity contribution is -0.137. The first-order valence-electron chi connectivity index (χ1n) is 9.86. The summed E-state index contributed by atoms with van der Waals surface area (Å²) in [6.45, 7) is 3.99. The Morgan fingerprint density at radius 1 is 1.10 bits per heavy atom. The molecule has 0 aliphatic heterocycles. The van der Waals surface area contributed by atoms with Crippen LogP contribution in [-0.4, -0.2) is 17.6 Å². The van der Waals surface area contributed by atoms with Crippen LogP contribution < -0.4 is 5.32 Å². The van der Waals surface area contributed by atoms with Gasteiger partial charge in [-0.15, -0.1) is 0 Å². The number of alkyl halides is 3. The van der Waals surface area contributed by atoms with E-state index in [9.17, 15) is 18.0 Å². The molecule has 1 N–H and O–H groups in total. The molecule has 0 spiro atoms. The van der Waals surface area contributed by atoms with Crippen molar-refractivity contribution in [2.75, 3.05) is 11.9 Å². The number of unbranched alkanes of at least 4 members (excludes halogenated alkanes) is 1. The highest BCUT2D eigenvalue weighted by Crippen LogP contribution is 2.35. The van der Waals surface area contributed by atoms with E-state index in [-0.39, 0.29) is 17.7 Å². The van der Waals surface area contributed by atoms with E-state index in [1.807, 2.05) is 24.3 Å². The fraction of sp³-hybridized carbons (Fsp3) is 0.304. The number of aryl methyl sites for hydroxylation is 1. The molecule has 0 radical (unpaired) electrons. The molecule has 4 nitrogen and oxygen atoms in total. The summed E-state index contributed by atoms with van der Waals surface area (Å²) < 4.78 is 44.3. The van der Waals surface area contributed by atoms with Crippen molar-refractivity contribution in [3.8, 4) is 0 Å². The van der Waals surface area contributed by atoms with Gasteiger partial charge in [-0.1, -0.05) is 31.5 Å². The van der Waals surface area contributed by atoms with Gasteiger partial charge in [0.15, 0.2) is 0 Å². The number of anilines is 2. The van der Waals surface area contributed by atoms with Gasteiger partial charge in [-0.05, 0) is 49.6 Å². The van der Waals surface area contributed by atoms with E-state index >= 15 is 0 Å². The third kappa shape index (κ3) is 4.90. The topological polar surface area (TPSA) is 51.2 Å². The summed E-state index contributed by atoms with van der Waals surface area (Å²) in [6, 6.07) is 11.0. The van der Waals surface area contributed by atoms with E-state index in [0.717, 1.165) is 31.4 Å². The summed E-state index contributed by atoms with van der Waals surface area (Å²) in [4.78, 5) is 16.5. The van der Waals surface area contributed by atoms with Crippen molar-refractivity contribution in [3.63, 3.8) is 0 Å². The van der Waals surface area contributed by atoms with Gasteiger partial charge in [0, 0.05) is 17.3 Å². The highest BCUT2D eigenvalue weighted by atomic mass is 19.4. The summed E-state index contributed by atoms with van der Waals surface area (Å²) >= 11 is 0. The van der Waals surface area contributed by atoms with Crippen LogP contribution in [0.3, 0.4) is 0 Å². The molecular formula is C23H23F3N2O2. The zero-order chi connectivity index (χ0) is 21.7. The minimum Gasteiger partial charge on any atom is -0.462 e. The summed E-state index contributed by atoms with van der Waals surface area (Å²) in [5.74, 6) is -0.589. The first-order valence-corrected chi connectivity index (χ1v) is 9.86. The predicted molar refractivity (Wildman–Crippen MR) is 111 cm³/mol. The molecule has 158 valence electrons. The molecule has 1 heterocycles. The summed E-state index contributed by atoms with van der Waals surface area (Å²) in [6.07, 6.45) is -0.0541. The van der Waals surface area contributed by atoms with Crippen molar-refractivity contribution in [1.29, 1.82) is 0 Å². The molecule has 0 saturated carbocycles. The van der Waals surface area contributed by atoms with Crippen LogP contribution in [-0.2, 0) is 17.3 Å². The second-order valence-corrected chi connectivity index (χ2v) is 6.92. The van der Waals surface area contributed by atoms with Crippen molar-refractivity contribution in [2.24, 2.45) is 0 Å². The quantitative estimate of drug-likeness (QED) is 0.446. The number of esters is 1. The summed E-state index contributed by atoms with van der Waals surface area (Å²) in [5.41, 5.74) is 1.79. The van der Waals surface area contributed by atoms with E-state index in [1.54, 1.807) is 6.92 Å². The Labute approximate surface area is 173 Å². The Morgan fingerprint density at radius 2 is 1.83 bits per heavy atom. The normalized spacial score (nSPS) is 11.5. The van der Waals surface area contributed by atoms with Crippen molar-refractivity contribution < 1.29 is 22.7 Å². The molecule has 0 saturated heterocycles. The molecule has 0 amide bonds. The number of aromatic nitrogens is 1. The largest absolute Gasteiger partial charge is 0.462 e. The van der Waals surface area contributed by atoms with E-state index in [1.165, 1.54) is 17.8 Å². The van der Waals surface area contributed by atoms with Crippen molar-refractivity contribution in [3.05, 3.63) is 65.4 Å². The van der Waals surface area contributed by atoms with Gasteiger partial charge in [-0.2, -0.15) is 13.2 Å². The van der Waals surface area contributed by atoms with Crippen LogP contribution in [0.1, 0.15) is 48.2 Å². The average Bonchev–Trinajstić information content (AvgIpc) is 2.72. The lowest BCUT2D eigenvalue weighted by Gasteiger charge is -2.15. The first-order chi connectivity index (χ1) is 14.3. The standard InChI is InChI=1S/C23H23F3N2O2/c1-3-5-6-15-7-10-17(11-8-15)28-21-18-12-9-16(23(24,25)26)13-20(18)27-14-19(21)22(29)30-4-2/h7-14H,3-6H2,1-2H3,(H,27,28). The van der Waals surface area contributed by atoms with Crippen LogP contribution in [0.5, 0.6) is 0 Å². The van der Waals surface area contributed by atoms with Crippen molar-refractivity contribution >= 4 is 28.2 Å². The van der Waals surface area contributed by atoms with E-state index in [0.29, 0.717) is 16.8 Å². The highest BCUT2D eigenvalue weighted by Gasteiger charge is 2.31. The number of ether oxygens (including phenoxy) is 1. The Bertz CT molecular complexity index is 1030. The van der Waals surface area contributed by atoms with E-state index in [4.69, 9.17) is 4.74 Å². The van der Waals surface area contributed by atoms with E-state index < -0.39 is 17.7 Å². The molecule has 0 unspecified atom stereocenters. The van der Waals surface area contributed by atoms with Gasteiger partial charge in [0.2, 0.25) is 0 Å². The molecular weight excluding hydrogens is 393 g/mol. The molecule has 0 bridgehead atoms. The first kappa shape index (κ1) is 21.6. The molecule has 2 aromatic carbocycles. The third-order valence-electron chi connectivity index (χ3n) is 4.73. The lowest BCUT2D eigenvalue weighted by Crippen LogP contribution is -2.10. The summed E-state index contributed by atoms with van der Waals surface area (Å²) in [7, 11) is 0. The number of hydrogen-bond acceptors (Lipinski definition) is 4. The smallest absolute Gasteiger partial charge is 0.416 e. The molecule has 3 rings (SSSR count). The van der Waals surface area contributed by atoms with Crippen LogP contribution in [0, 0.1) is 0 Å². The molecule has 0 aliphatic carbocycles. The van der Waals surface area contributed by atoms with Gasteiger partial charge in [0.1, 0.15) is 5.56 Å². The maximum absolute atomic E-state index is 13.1. The SMILES string of the molecule is CCCCc1ccc(Nc2c(C(=O)OCC)cnc3cc(C(F)(F)F)ccc23)cc1. The number of rotatable bonds is 7. The van der Waals surface area contributed by atoms with Crippen molar-refractivity contribution in [1.82, 2.24) is 4.98 Å². The van der Waals surface area contributed by atoms with Crippen molar-refractivity contribution in [2.45, 2.75) is 39.3 Å². The second-order valence-electron chi connectivity index (χ2n) is 6.92. The number of nitrogens with zero attached hydrogens (tertiary/aromatic N) is 1. The number of fused-ring (bicyclic) bond motifs is 1. The molecule has 1 aromatic heterocycles. The number of carbonyl (C=O) groups is 1. The van der Waals surface area contributed by atoms with Crippen LogP contribution >= 0.6 is 0 Å². The van der Waals surface area contributed by atoms with Crippen LogP contribution in [0.25, 0.3) is 10.9 Å². The lowest BCUT2D eigenvalue weighted by atomic mass is 10.1. The van der Waals surface area contributed by atoms with Gasteiger partial charge in [-0.3, -0.25) is 4.98 Å². The monoisotopic (exact) mass is 416 g/mol. The van der Waals surface area contributed by atoms with Gasteiger partial charge >= 0.3 is 12.1 Å². The Morgan fingerprint density at radius 3 is 2.47 bits per heavy atom. The molecule has 0 aliphatic rings. The van der Waals surface area contributed by atoms with Crippen LogP contribution in [0.15, 0.2) is 48.7 Å². The molecule has 30 heavy (non-hydrogen) atoms. The fourth-order valence-corrected chi connectivity index (χ4v) is 3.15. The van der Waals surface area contributed by atoms with Gasteiger partial charge in [-0.25, -0.2) is 4.79 Å². The predicted octanol–water partition coefficient (Wildman–Crippen LogP) is 6.52. The number of pyridine rings is 1. The minimum atomic E-state index is -4.47. The molecule has 0 atom stereocenters. The number of benzene rings is 2. The van der Waals surface area contributed by atoms with Gasteiger partial charge in [0.25, 0.3) is 0 Å². The Balaban J connectivity index is 2.04. The number of nitrogens with one attached hydrogen (secondary N) is 1. The zero-order valence-corrected chi connectivity index (χ0v) is 16.8. The van der Waals surface area contributed by atoms with Gasteiger partial charge < -0.3 is 10.1 Å². The maximum Gasteiger partial charge on any atom is 0.416 e. The minimum absolute atomic E-state index is 0.139. The van der Waals surface area contributed by atoms with Crippen LogP contribution in [0.2, 0.25) is 0 Å². The highest BCUT2D eigenvalue weighted by molar-refractivity contribution is 6.06. The molecule has 3 aromatic rings. The number of halogens is 3. The number of hydrogen-bond donors (Lipinski definition) is 1. The Hall–Kier alpha value is -3.09. The van der Waals surface area contributed by atoms with Crippen LogP contribution in [0.4, 0.5) is 24.5 Å².